The van der Waals surface area contributed by atoms with Gasteiger partial charge in [0.15, 0.2) is 0 Å². The summed E-state index contributed by atoms with van der Waals surface area (Å²) in [5, 5.41) is 9.60. The number of ether oxygens (including phenoxy) is 2. The quantitative estimate of drug-likeness (QED) is 0.517. The summed E-state index contributed by atoms with van der Waals surface area (Å²) in [7, 11) is 4.04. The third-order valence-corrected chi connectivity index (χ3v) is 5.73. The maximum Gasteiger partial charge on any atom is 0.321 e. The zero-order valence-corrected chi connectivity index (χ0v) is 18.7. The predicted octanol–water partition coefficient (Wildman–Crippen LogP) is 4.36. The minimum absolute atomic E-state index is 0.175. The molecule has 31 heavy (non-hydrogen) atoms. The molecule has 8 heteroatoms. The molecule has 0 saturated heterocycles. The summed E-state index contributed by atoms with van der Waals surface area (Å²) < 4.78 is 14.1. The lowest BCUT2D eigenvalue weighted by atomic mass is 9.86. The van der Waals surface area contributed by atoms with Crippen LogP contribution in [0.4, 0.5) is 0 Å². The highest BCUT2D eigenvalue weighted by atomic mass is 35.5. The SMILES string of the molecule is CN(C)CCOc1nnc(C2CCC(Oc3ccccn3)CC2)n1-c1ccc(Cl)cc1. The molecule has 4 rings (SSSR count). The molecule has 1 aromatic carbocycles. The van der Waals surface area contributed by atoms with Crippen LogP contribution in [0.1, 0.15) is 37.4 Å². The third kappa shape index (κ3) is 5.54. The van der Waals surface area contributed by atoms with E-state index in [-0.39, 0.29) is 12.0 Å². The molecule has 0 atom stereocenters. The molecule has 0 unspecified atom stereocenters. The third-order valence-electron chi connectivity index (χ3n) is 5.48. The fourth-order valence-electron chi connectivity index (χ4n) is 3.82. The van der Waals surface area contributed by atoms with Gasteiger partial charge in [0.25, 0.3) is 0 Å². The van der Waals surface area contributed by atoms with Crippen molar-refractivity contribution < 1.29 is 9.47 Å². The van der Waals surface area contributed by atoms with Crippen LogP contribution < -0.4 is 9.47 Å². The van der Waals surface area contributed by atoms with E-state index >= 15 is 0 Å². The number of nitrogens with zero attached hydrogens (tertiary/aromatic N) is 5. The van der Waals surface area contributed by atoms with Gasteiger partial charge in [0.2, 0.25) is 5.88 Å². The fraction of sp³-hybridized carbons (Fsp3) is 0.435. The first-order chi connectivity index (χ1) is 15.1. The van der Waals surface area contributed by atoms with Crippen LogP contribution in [0.5, 0.6) is 11.9 Å². The van der Waals surface area contributed by atoms with Crippen molar-refractivity contribution in [2.24, 2.45) is 0 Å². The molecule has 2 heterocycles. The minimum atomic E-state index is 0.175. The summed E-state index contributed by atoms with van der Waals surface area (Å²) in [6, 6.07) is 14.0. The number of rotatable bonds is 8. The van der Waals surface area contributed by atoms with Gasteiger partial charge in [-0.25, -0.2) is 9.55 Å². The van der Waals surface area contributed by atoms with E-state index < -0.39 is 0 Å². The van der Waals surface area contributed by atoms with Crippen LogP contribution in [0, 0.1) is 0 Å². The minimum Gasteiger partial charge on any atom is -0.474 e. The fourth-order valence-corrected chi connectivity index (χ4v) is 3.94. The molecule has 1 fully saturated rings. The molecule has 0 N–H and O–H groups in total. The van der Waals surface area contributed by atoms with Crippen LogP contribution in [-0.4, -0.2) is 58.0 Å². The van der Waals surface area contributed by atoms with Crippen molar-refractivity contribution in [1.82, 2.24) is 24.6 Å². The average Bonchev–Trinajstić information content (AvgIpc) is 3.19. The van der Waals surface area contributed by atoms with Gasteiger partial charge in [-0.3, -0.25) is 0 Å². The zero-order chi connectivity index (χ0) is 21.6. The molecule has 0 bridgehead atoms. The van der Waals surface area contributed by atoms with E-state index in [1.165, 1.54) is 0 Å². The van der Waals surface area contributed by atoms with Crippen molar-refractivity contribution in [2.75, 3.05) is 27.2 Å². The Bertz CT molecular complexity index is 954. The lowest BCUT2D eigenvalue weighted by Gasteiger charge is -2.28. The molecule has 7 nitrogen and oxygen atoms in total. The maximum atomic E-state index is 6.11. The summed E-state index contributed by atoms with van der Waals surface area (Å²) in [4.78, 5) is 6.35. The molecule has 3 aromatic rings. The summed E-state index contributed by atoms with van der Waals surface area (Å²) in [5.41, 5.74) is 0.955. The largest absolute Gasteiger partial charge is 0.474 e. The molecule has 2 aromatic heterocycles. The first kappa shape index (κ1) is 21.6. The second kappa shape index (κ2) is 10.1. The van der Waals surface area contributed by atoms with Crippen molar-refractivity contribution >= 4 is 11.6 Å². The summed E-state index contributed by atoms with van der Waals surface area (Å²) in [5.74, 6) is 1.91. The van der Waals surface area contributed by atoms with Gasteiger partial charge in [-0.05, 0) is 70.1 Å². The van der Waals surface area contributed by atoms with Gasteiger partial charge in [0.1, 0.15) is 18.5 Å². The van der Waals surface area contributed by atoms with Gasteiger partial charge in [-0.1, -0.05) is 22.8 Å². The molecular weight excluding hydrogens is 414 g/mol. The molecule has 0 amide bonds. The van der Waals surface area contributed by atoms with E-state index in [0.29, 0.717) is 23.5 Å². The Kier molecular flexibility index (Phi) is 7.04. The summed E-state index contributed by atoms with van der Waals surface area (Å²) >= 11 is 6.11. The van der Waals surface area contributed by atoms with Gasteiger partial charge < -0.3 is 14.4 Å². The second-order valence-corrected chi connectivity index (χ2v) is 8.50. The number of benzene rings is 1. The maximum absolute atomic E-state index is 6.11. The smallest absolute Gasteiger partial charge is 0.321 e. The van der Waals surface area contributed by atoms with Crippen LogP contribution in [0.3, 0.4) is 0 Å². The zero-order valence-electron chi connectivity index (χ0n) is 17.9. The number of pyridine rings is 1. The van der Waals surface area contributed by atoms with Gasteiger partial charge in [0.05, 0.1) is 5.69 Å². The Morgan fingerprint density at radius 3 is 2.48 bits per heavy atom. The van der Waals surface area contributed by atoms with E-state index in [0.717, 1.165) is 43.7 Å². The Labute approximate surface area is 188 Å². The van der Waals surface area contributed by atoms with E-state index in [9.17, 15) is 0 Å². The Balaban J connectivity index is 1.49. The van der Waals surface area contributed by atoms with Gasteiger partial charge in [-0.15, -0.1) is 5.10 Å². The van der Waals surface area contributed by atoms with Gasteiger partial charge in [0, 0.05) is 29.7 Å². The molecule has 0 spiro atoms. The highest BCUT2D eigenvalue weighted by Gasteiger charge is 2.29. The standard InChI is InChI=1S/C23H28ClN5O2/c1-28(2)15-16-30-23-27-26-22(29(23)19-10-8-18(24)9-11-19)17-6-12-20(13-7-17)31-21-5-3-4-14-25-21/h3-5,8-11,14,17,20H,6-7,12-13,15-16H2,1-2H3. The van der Waals surface area contributed by atoms with Crippen LogP contribution >= 0.6 is 11.6 Å². The van der Waals surface area contributed by atoms with Crippen LogP contribution in [0.15, 0.2) is 48.7 Å². The normalized spacial score (nSPS) is 18.8. The van der Waals surface area contributed by atoms with E-state index in [1.54, 1.807) is 6.20 Å². The lowest BCUT2D eigenvalue weighted by Crippen LogP contribution is -2.25. The van der Waals surface area contributed by atoms with Crippen LogP contribution in [0.2, 0.25) is 5.02 Å². The number of halogens is 1. The lowest BCUT2D eigenvalue weighted by molar-refractivity contribution is 0.138. The van der Waals surface area contributed by atoms with E-state index in [1.807, 2.05) is 61.1 Å². The molecule has 1 saturated carbocycles. The topological polar surface area (TPSA) is 65.3 Å². The number of hydrogen-bond acceptors (Lipinski definition) is 6. The molecule has 0 aliphatic heterocycles. The highest BCUT2D eigenvalue weighted by molar-refractivity contribution is 6.30. The second-order valence-electron chi connectivity index (χ2n) is 8.06. The van der Waals surface area contributed by atoms with Crippen LogP contribution in [-0.2, 0) is 0 Å². The number of aromatic nitrogens is 4. The summed E-state index contributed by atoms with van der Waals surface area (Å²) in [6.07, 6.45) is 5.78. The Hall–Kier alpha value is -2.64. The van der Waals surface area contributed by atoms with Crippen molar-refractivity contribution in [3.05, 3.63) is 59.5 Å². The van der Waals surface area contributed by atoms with E-state index in [2.05, 4.69) is 20.1 Å². The predicted molar refractivity (Wildman–Crippen MR) is 120 cm³/mol. The van der Waals surface area contributed by atoms with Crippen LogP contribution in [0.25, 0.3) is 5.69 Å². The monoisotopic (exact) mass is 441 g/mol. The van der Waals surface area contributed by atoms with Crippen molar-refractivity contribution in [3.63, 3.8) is 0 Å². The molecule has 0 radical (unpaired) electrons. The summed E-state index contributed by atoms with van der Waals surface area (Å²) in [6.45, 7) is 1.35. The van der Waals surface area contributed by atoms with Crippen molar-refractivity contribution in [3.8, 4) is 17.6 Å². The first-order valence-corrected chi connectivity index (χ1v) is 11.0. The average molecular weight is 442 g/mol. The molecule has 1 aliphatic carbocycles. The van der Waals surface area contributed by atoms with Gasteiger partial charge >= 0.3 is 6.01 Å². The Morgan fingerprint density at radius 1 is 1.03 bits per heavy atom. The molecular formula is C23H28ClN5O2. The highest BCUT2D eigenvalue weighted by Crippen LogP contribution is 2.36. The van der Waals surface area contributed by atoms with Crippen molar-refractivity contribution in [1.29, 1.82) is 0 Å². The van der Waals surface area contributed by atoms with Gasteiger partial charge in [-0.2, -0.15) is 0 Å². The molecule has 1 aliphatic rings. The number of hydrogen-bond donors (Lipinski definition) is 0. The number of likely N-dealkylation sites (N-methyl/N-ethyl adjacent to an activating group) is 1. The van der Waals surface area contributed by atoms with E-state index in [4.69, 9.17) is 21.1 Å². The first-order valence-electron chi connectivity index (χ1n) is 10.7. The van der Waals surface area contributed by atoms with Crippen molar-refractivity contribution in [2.45, 2.75) is 37.7 Å². The Morgan fingerprint density at radius 2 is 1.81 bits per heavy atom. The molecule has 164 valence electrons.